The minimum Gasteiger partial charge on any atom is -0.399 e. The Hall–Kier alpha value is -1.23. The van der Waals surface area contributed by atoms with Gasteiger partial charge >= 0.3 is 6.18 Å². The minimum atomic E-state index is -4.15. The number of hydrogen-bond donors (Lipinski definition) is 1. The summed E-state index contributed by atoms with van der Waals surface area (Å²) in [5, 5.41) is 0. The zero-order valence-electron chi connectivity index (χ0n) is 10.7. The second-order valence-electron chi connectivity index (χ2n) is 4.67. The SMILES string of the molecule is CC(C)N(CCc1ccc(N)cc1)CC(F)(F)F. The van der Waals surface area contributed by atoms with Crippen molar-refractivity contribution >= 4 is 5.69 Å². The minimum absolute atomic E-state index is 0.125. The predicted molar refractivity (Wildman–Crippen MR) is 67.3 cm³/mol. The molecule has 1 rings (SSSR count). The van der Waals surface area contributed by atoms with E-state index in [9.17, 15) is 13.2 Å². The van der Waals surface area contributed by atoms with Crippen molar-refractivity contribution in [2.24, 2.45) is 0 Å². The molecule has 0 fully saturated rings. The van der Waals surface area contributed by atoms with Gasteiger partial charge in [-0.05, 0) is 38.0 Å². The van der Waals surface area contributed by atoms with E-state index in [1.807, 2.05) is 12.1 Å². The third-order valence-corrected chi connectivity index (χ3v) is 2.78. The first-order valence-electron chi connectivity index (χ1n) is 5.93. The molecule has 0 atom stereocenters. The summed E-state index contributed by atoms with van der Waals surface area (Å²) < 4.78 is 37.2. The fourth-order valence-electron chi connectivity index (χ4n) is 1.71. The van der Waals surface area contributed by atoms with Gasteiger partial charge in [0.2, 0.25) is 0 Å². The van der Waals surface area contributed by atoms with Crippen LogP contribution < -0.4 is 5.73 Å². The van der Waals surface area contributed by atoms with Gasteiger partial charge in [0.15, 0.2) is 0 Å². The van der Waals surface area contributed by atoms with Gasteiger partial charge in [-0.25, -0.2) is 0 Å². The standard InChI is InChI=1S/C13H19F3N2/c1-10(2)18(9-13(14,15)16)8-7-11-3-5-12(17)6-4-11/h3-6,10H,7-9,17H2,1-2H3. The highest BCUT2D eigenvalue weighted by Crippen LogP contribution is 2.18. The van der Waals surface area contributed by atoms with Crippen LogP contribution in [0.2, 0.25) is 0 Å². The highest BCUT2D eigenvalue weighted by atomic mass is 19.4. The van der Waals surface area contributed by atoms with E-state index in [0.717, 1.165) is 5.56 Å². The topological polar surface area (TPSA) is 29.3 Å². The molecular weight excluding hydrogens is 241 g/mol. The lowest BCUT2D eigenvalue weighted by Gasteiger charge is -2.27. The molecule has 5 heteroatoms. The van der Waals surface area contributed by atoms with Gasteiger partial charge < -0.3 is 5.73 Å². The van der Waals surface area contributed by atoms with Crippen LogP contribution >= 0.6 is 0 Å². The molecule has 0 heterocycles. The lowest BCUT2D eigenvalue weighted by atomic mass is 10.1. The van der Waals surface area contributed by atoms with Crippen LogP contribution in [0.15, 0.2) is 24.3 Å². The van der Waals surface area contributed by atoms with E-state index >= 15 is 0 Å². The van der Waals surface area contributed by atoms with Gasteiger partial charge in [-0.15, -0.1) is 0 Å². The van der Waals surface area contributed by atoms with E-state index in [1.54, 1.807) is 26.0 Å². The normalized spacial score (nSPS) is 12.4. The zero-order valence-corrected chi connectivity index (χ0v) is 10.7. The Morgan fingerprint density at radius 2 is 1.72 bits per heavy atom. The molecular formula is C13H19F3N2. The summed E-state index contributed by atoms with van der Waals surface area (Å²) >= 11 is 0. The maximum absolute atomic E-state index is 12.4. The second-order valence-corrected chi connectivity index (χ2v) is 4.67. The van der Waals surface area contributed by atoms with Crippen LogP contribution in [0.5, 0.6) is 0 Å². The zero-order chi connectivity index (χ0) is 13.8. The molecule has 0 aliphatic rings. The summed E-state index contributed by atoms with van der Waals surface area (Å²) in [6, 6.07) is 7.10. The third-order valence-electron chi connectivity index (χ3n) is 2.78. The summed E-state index contributed by atoms with van der Waals surface area (Å²) in [5.41, 5.74) is 7.21. The molecule has 1 aromatic carbocycles. The van der Waals surface area contributed by atoms with Crippen LogP contribution in [-0.2, 0) is 6.42 Å². The van der Waals surface area contributed by atoms with Crippen molar-refractivity contribution in [3.63, 3.8) is 0 Å². The Balaban J connectivity index is 2.54. The monoisotopic (exact) mass is 260 g/mol. The molecule has 2 nitrogen and oxygen atoms in total. The number of anilines is 1. The number of nitrogens with zero attached hydrogens (tertiary/aromatic N) is 1. The van der Waals surface area contributed by atoms with Gasteiger partial charge in [-0.2, -0.15) is 13.2 Å². The van der Waals surface area contributed by atoms with Crippen LogP contribution in [0.25, 0.3) is 0 Å². The van der Waals surface area contributed by atoms with E-state index in [2.05, 4.69) is 0 Å². The van der Waals surface area contributed by atoms with Crippen molar-refractivity contribution in [1.82, 2.24) is 4.90 Å². The molecule has 0 radical (unpaired) electrons. The quantitative estimate of drug-likeness (QED) is 0.824. The Morgan fingerprint density at radius 3 is 2.17 bits per heavy atom. The summed E-state index contributed by atoms with van der Waals surface area (Å²) in [4.78, 5) is 1.43. The van der Waals surface area contributed by atoms with Crippen LogP contribution in [0.3, 0.4) is 0 Å². The number of nitrogens with two attached hydrogens (primary N) is 1. The molecule has 1 aromatic rings. The number of hydrogen-bond acceptors (Lipinski definition) is 2. The van der Waals surface area contributed by atoms with Gasteiger partial charge in [0.25, 0.3) is 0 Å². The summed E-state index contributed by atoms with van der Waals surface area (Å²) in [6.07, 6.45) is -3.56. The second kappa shape index (κ2) is 6.09. The van der Waals surface area contributed by atoms with Crippen molar-refractivity contribution in [1.29, 1.82) is 0 Å². The number of rotatable bonds is 5. The molecule has 0 unspecified atom stereocenters. The van der Waals surface area contributed by atoms with E-state index in [4.69, 9.17) is 5.73 Å². The average molecular weight is 260 g/mol. The highest BCUT2D eigenvalue weighted by Gasteiger charge is 2.31. The van der Waals surface area contributed by atoms with Crippen LogP contribution in [0.4, 0.5) is 18.9 Å². The first-order valence-corrected chi connectivity index (χ1v) is 5.93. The molecule has 18 heavy (non-hydrogen) atoms. The maximum atomic E-state index is 12.4. The third kappa shape index (κ3) is 5.40. The molecule has 0 aliphatic heterocycles. The van der Waals surface area contributed by atoms with E-state index in [-0.39, 0.29) is 6.04 Å². The first-order chi connectivity index (χ1) is 8.28. The predicted octanol–water partition coefficient (Wildman–Crippen LogP) is 3.08. The fourth-order valence-corrected chi connectivity index (χ4v) is 1.71. The number of alkyl halides is 3. The number of halogens is 3. The Bertz CT molecular complexity index is 357. The van der Waals surface area contributed by atoms with Gasteiger partial charge in [-0.3, -0.25) is 4.90 Å². The molecule has 0 bridgehead atoms. The van der Waals surface area contributed by atoms with Gasteiger partial charge in [-0.1, -0.05) is 12.1 Å². The van der Waals surface area contributed by atoms with Crippen LogP contribution in [-0.4, -0.2) is 30.2 Å². The van der Waals surface area contributed by atoms with Crippen LogP contribution in [0, 0.1) is 0 Å². The molecule has 0 saturated carbocycles. The van der Waals surface area contributed by atoms with Crippen molar-refractivity contribution in [2.45, 2.75) is 32.5 Å². The molecule has 0 aliphatic carbocycles. The van der Waals surface area contributed by atoms with Crippen LogP contribution in [0.1, 0.15) is 19.4 Å². The van der Waals surface area contributed by atoms with Crippen molar-refractivity contribution in [2.75, 3.05) is 18.8 Å². The van der Waals surface area contributed by atoms with Gasteiger partial charge in [0, 0.05) is 18.3 Å². The average Bonchev–Trinajstić information content (AvgIpc) is 2.24. The lowest BCUT2D eigenvalue weighted by Crippen LogP contribution is -2.40. The Morgan fingerprint density at radius 1 is 1.17 bits per heavy atom. The van der Waals surface area contributed by atoms with Crippen molar-refractivity contribution in [3.8, 4) is 0 Å². The molecule has 102 valence electrons. The van der Waals surface area contributed by atoms with Gasteiger partial charge in [0.05, 0.1) is 6.54 Å². The smallest absolute Gasteiger partial charge is 0.399 e. The molecule has 0 amide bonds. The first kappa shape index (κ1) is 14.8. The molecule has 0 spiro atoms. The van der Waals surface area contributed by atoms with Gasteiger partial charge in [0.1, 0.15) is 0 Å². The lowest BCUT2D eigenvalue weighted by molar-refractivity contribution is -0.149. The molecule has 0 saturated heterocycles. The number of benzene rings is 1. The molecule has 2 N–H and O–H groups in total. The van der Waals surface area contributed by atoms with Crippen molar-refractivity contribution < 1.29 is 13.2 Å². The summed E-state index contributed by atoms with van der Waals surface area (Å²) in [6.45, 7) is 3.07. The van der Waals surface area contributed by atoms with E-state index < -0.39 is 12.7 Å². The fraction of sp³-hybridized carbons (Fsp3) is 0.538. The van der Waals surface area contributed by atoms with E-state index in [0.29, 0.717) is 18.7 Å². The summed E-state index contributed by atoms with van der Waals surface area (Å²) in [5.74, 6) is 0. The van der Waals surface area contributed by atoms with Crippen molar-refractivity contribution in [3.05, 3.63) is 29.8 Å². The molecule has 0 aromatic heterocycles. The maximum Gasteiger partial charge on any atom is 0.401 e. The largest absolute Gasteiger partial charge is 0.401 e. The Labute approximate surface area is 106 Å². The Kier molecular flexibility index (Phi) is 5.02. The number of nitrogen functional groups attached to an aromatic ring is 1. The summed E-state index contributed by atoms with van der Waals surface area (Å²) in [7, 11) is 0. The van der Waals surface area contributed by atoms with E-state index in [1.165, 1.54) is 4.90 Å². The highest BCUT2D eigenvalue weighted by molar-refractivity contribution is 5.39.